The van der Waals surface area contributed by atoms with E-state index in [1.807, 2.05) is 13.8 Å². The average Bonchev–Trinajstić information content (AvgIpc) is 2.27. The molecule has 2 N–H and O–H groups in total. The number of nitrogen functional groups attached to an aromatic ring is 1. The number of ether oxygens (including phenoxy) is 2. The molecule has 1 aromatic rings. The van der Waals surface area contributed by atoms with Gasteiger partial charge < -0.3 is 15.2 Å². The molecule has 5 heteroatoms. The minimum absolute atomic E-state index is 0.0430. The maximum Gasteiger partial charge on any atom is 0.339 e. The predicted molar refractivity (Wildman–Crippen MR) is 66.8 cm³/mol. The van der Waals surface area contributed by atoms with Crippen LogP contribution in [0.2, 0.25) is 0 Å². The first-order valence-electron chi connectivity index (χ1n) is 5.69. The maximum atomic E-state index is 13.8. The standard InChI is InChI=1S/C13H18FNO3/c1-7(2)18-8(3)9-5-10(13(16)17-4)12(15)6-11(9)14/h5-8H,15H2,1-4H3. The van der Waals surface area contributed by atoms with Gasteiger partial charge in [-0.25, -0.2) is 9.18 Å². The molecule has 0 aromatic heterocycles. The van der Waals surface area contributed by atoms with E-state index in [1.165, 1.54) is 13.2 Å². The Kier molecular flexibility index (Phi) is 4.67. The highest BCUT2D eigenvalue weighted by molar-refractivity contribution is 5.95. The zero-order valence-electron chi connectivity index (χ0n) is 11.0. The van der Waals surface area contributed by atoms with Crippen LogP contribution in [0.1, 0.15) is 42.8 Å². The Morgan fingerprint density at radius 1 is 1.33 bits per heavy atom. The lowest BCUT2D eigenvalue weighted by molar-refractivity contribution is 0.0159. The second kappa shape index (κ2) is 5.82. The minimum Gasteiger partial charge on any atom is -0.465 e. The van der Waals surface area contributed by atoms with Gasteiger partial charge in [-0.15, -0.1) is 0 Å². The topological polar surface area (TPSA) is 61.5 Å². The Hall–Kier alpha value is -1.62. The van der Waals surface area contributed by atoms with Gasteiger partial charge >= 0.3 is 5.97 Å². The van der Waals surface area contributed by atoms with E-state index in [0.29, 0.717) is 5.56 Å². The van der Waals surface area contributed by atoms with E-state index in [0.717, 1.165) is 6.07 Å². The molecule has 0 saturated heterocycles. The molecule has 0 heterocycles. The van der Waals surface area contributed by atoms with E-state index in [4.69, 9.17) is 10.5 Å². The van der Waals surface area contributed by atoms with Gasteiger partial charge in [-0.3, -0.25) is 0 Å². The molecule has 18 heavy (non-hydrogen) atoms. The minimum atomic E-state index is -0.592. The van der Waals surface area contributed by atoms with Gasteiger partial charge in [-0.1, -0.05) is 0 Å². The molecule has 0 aliphatic rings. The molecule has 0 fully saturated rings. The van der Waals surface area contributed by atoms with Gasteiger partial charge in [0.25, 0.3) is 0 Å². The van der Waals surface area contributed by atoms with E-state index in [1.54, 1.807) is 6.92 Å². The molecular formula is C13H18FNO3. The third kappa shape index (κ3) is 3.20. The SMILES string of the molecule is COC(=O)c1cc(C(C)OC(C)C)c(F)cc1N. The van der Waals surface area contributed by atoms with Crippen LogP contribution in [0.25, 0.3) is 0 Å². The summed E-state index contributed by atoms with van der Waals surface area (Å²) in [5, 5.41) is 0. The number of hydrogen-bond donors (Lipinski definition) is 1. The van der Waals surface area contributed by atoms with Gasteiger partial charge in [0.1, 0.15) is 5.82 Å². The summed E-state index contributed by atoms with van der Waals surface area (Å²) in [5.74, 6) is -1.08. The number of methoxy groups -OCH3 is 1. The fourth-order valence-electron chi connectivity index (χ4n) is 1.69. The van der Waals surface area contributed by atoms with Crippen LogP contribution >= 0.6 is 0 Å². The number of halogens is 1. The number of carbonyl (C=O) groups excluding carboxylic acids is 1. The first-order valence-corrected chi connectivity index (χ1v) is 5.69. The second-order valence-corrected chi connectivity index (χ2v) is 4.28. The van der Waals surface area contributed by atoms with E-state index in [-0.39, 0.29) is 17.4 Å². The summed E-state index contributed by atoms with van der Waals surface area (Å²) in [6, 6.07) is 2.49. The van der Waals surface area contributed by atoms with Gasteiger partial charge in [-0.05, 0) is 32.9 Å². The Morgan fingerprint density at radius 3 is 2.44 bits per heavy atom. The van der Waals surface area contributed by atoms with Gasteiger partial charge in [0.15, 0.2) is 0 Å². The molecule has 0 amide bonds. The van der Waals surface area contributed by atoms with Crippen molar-refractivity contribution in [2.45, 2.75) is 33.0 Å². The molecule has 0 radical (unpaired) electrons. The highest BCUT2D eigenvalue weighted by atomic mass is 19.1. The number of carbonyl (C=O) groups is 1. The number of hydrogen-bond acceptors (Lipinski definition) is 4. The molecule has 0 spiro atoms. The fourth-order valence-corrected chi connectivity index (χ4v) is 1.69. The van der Waals surface area contributed by atoms with E-state index in [9.17, 15) is 9.18 Å². The first kappa shape index (κ1) is 14.4. The lowest BCUT2D eigenvalue weighted by Gasteiger charge is -2.18. The number of benzene rings is 1. The van der Waals surface area contributed by atoms with E-state index < -0.39 is 17.9 Å². The van der Waals surface area contributed by atoms with E-state index >= 15 is 0 Å². The van der Waals surface area contributed by atoms with Crippen molar-refractivity contribution in [1.82, 2.24) is 0 Å². The quantitative estimate of drug-likeness (QED) is 0.663. The van der Waals surface area contributed by atoms with Crippen molar-refractivity contribution in [1.29, 1.82) is 0 Å². The molecule has 0 aliphatic heterocycles. The summed E-state index contributed by atoms with van der Waals surface area (Å²) in [5.41, 5.74) is 6.08. The fraction of sp³-hybridized carbons (Fsp3) is 0.462. The van der Waals surface area contributed by atoms with Gasteiger partial charge in [0, 0.05) is 11.3 Å². The molecule has 1 aromatic carbocycles. The van der Waals surface area contributed by atoms with Crippen LogP contribution in [0, 0.1) is 5.82 Å². The average molecular weight is 255 g/mol. The summed E-state index contributed by atoms with van der Waals surface area (Å²) in [7, 11) is 1.25. The highest BCUT2D eigenvalue weighted by Crippen LogP contribution is 2.26. The van der Waals surface area contributed by atoms with E-state index in [2.05, 4.69) is 4.74 Å². The van der Waals surface area contributed by atoms with Crippen molar-refractivity contribution < 1.29 is 18.7 Å². The largest absolute Gasteiger partial charge is 0.465 e. The van der Waals surface area contributed by atoms with Crippen LogP contribution in [0.4, 0.5) is 10.1 Å². The predicted octanol–water partition coefficient (Wildman–Crippen LogP) is 2.68. The third-order valence-electron chi connectivity index (χ3n) is 2.49. The maximum absolute atomic E-state index is 13.8. The first-order chi connectivity index (χ1) is 8.36. The van der Waals surface area contributed by atoms with Crippen LogP contribution in [0.5, 0.6) is 0 Å². The molecule has 1 rings (SSSR count). The van der Waals surface area contributed by atoms with Crippen molar-refractivity contribution in [3.8, 4) is 0 Å². The van der Waals surface area contributed by atoms with Crippen molar-refractivity contribution in [2.24, 2.45) is 0 Å². The summed E-state index contributed by atoms with van der Waals surface area (Å²) in [6.07, 6.45) is -0.507. The number of anilines is 1. The zero-order valence-corrected chi connectivity index (χ0v) is 11.0. The van der Waals surface area contributed by atoms with Gasteiger partial charge in [-0.2, -0.15) is 0 Å². The van der Waals surface area contributed by atoms with Crippen LogP contribution in [-0.4, -0.2) is 19.2 Å². The van der Waals surface area contributed by atoms with Crippen molar-refractivity contribution >= 4 is 11.7 Å². The summed E-state index contributed by atoms with van der Waals surface area (Å²) >= 11 is 0. The molecule has 0 aliphatic carbocycles. The highest BCUT2D eigenvalue weighted by Gasteiger charge is 2.19. The van der Waals surface area contributed by atoms with Crippen molar-refractivity contribution in [2.75, 3.05) is 12.8 Å². The molecule has 100 valence electrons. The van der Waals surface area contributed by atoms with Crippen molar-refractivity contribution in [3.63, 3.8) is 0 Å². The summed E-state index contributed by atoms with van der Waals surface area (Å²) < 4.78 is 23.9. The normalized spacial score (nSPS) is 12.6. The molecule has 0 bridgehead atoms. The van der Waals surface area contributed by atoms with Crippen LogP contribution in [-0.2, 0) is 9.47 Å². The number of nitrogens with two attached hydrogens (primary N) is 1. The van der Waals surface area contributed by atoms with Crippen LogP contribution in [0.3, 0.4) is 0 Å². The molecule has 1 unspecified atom stereocenters. The second-order valence-electron chi connectivity index (χ2n) is 4.28. The lowest BCUT2D eigenvalue weighted by Crippen LogP contribution is -2.12. The Bertz CT molecular complexity index is 446. The monoisotopic (exact) mass is 255 g/mol. The molecule has 1 atom stereocenters. The molecular weight excluding hydrogens is 237 g/mol. The van der Waals surface area contributed by atoms with Crippen LogP contribution < -0.4 is 5.73 Å². The number of esters is 1. The molecule has 0 saturated carbocycles. The van der Waals surface area contributed by atoms with Gasteiger partial charge in [0.05, 0.1) is 24.9 Å². The smallest absolute Gasteiger partial charge is 0.339 e. The summed E-state index contributed by atoms with van der Waals surface area (Å²) in [6.45, 7) is 5.43. The Balaban J connectivity index is 3.16. The Morgan fingerprint density at radius 2 is 1.94 bits per heavy atom. The van der Waals surface area contributed by atoms with Crippen molar-refractivity contribution in [3.05, 3.63) is 29.1 Å². The summed E-state index contributed by atoms with van der Waals surface area (Å²) in [4.78, 5) is 11.5. The number of rotatable bonds is 4. The zero-order chi connectivity index (χ0) is 13.9. The van der Waals surface area contributed by atoms with Crippen LogP contribution in [0.15, 0.2) is 12.1 Å². The van der Waals surface area contributed by atoms with Gasteiger partial charge in [0.2, 0.25) is 0 Å². The molecule has 4 nitrogen and oxygen atoms in total. The lowest BCUT2D eigenvalue weighted by atomic mass is 10.0. The Labute approximate surface area is 106 Å². The third-order valence-corrected chi connectivity index (χ3v) is 2.49.